The molecule has 0 saturated heterocycles. The van der Waals surface area contributed by atoms with Gasteiger partial charge in [0.2, 0.25) is 0 Å². The van der Waals surface area contributed by atoms with Gasteiger partial charge in [-0.3, -0.25) is 9.71 Å². The number of halogens is 1. The Kier molecular flexibility index (Phi) is 5.00. The van der Waals surface area contributed by atoms with E-state index in [9.17, 15) is 8.42 Å². The Labute approximate surface area is 186 Å². The summed E-state index contributed by atoms with van der Waals surface area (Å²) in [6.45, 7) is 0.723. The van der Waals surface area contributed by atoms with Gasteiger partial charge in [0.1, 0.15) is 0 Å². The first kappa shape index (κ1) is 19.8. The minimum atomic E-state index is -3.69. The maximum atomic E-state index is 12.9. The highest BCUT2D eigenvalue weighted by atomic mass is 35.5. The summed E-state index contributed by atoms with van der Waals surface area (Å²) in [5.41, 5.74) is 4.56. The summed E-state index contributed by atoms with van der Waals surface area (Å²) in [7, 11) is -3.69. The summed E-state index contributed by atoms with van der Waals surface area (Å²) in [5.74, 6) is 0. The molecule has 31 heavy (non-hydrogen) atoms. The molecule has 0 fully saturated rings. The highest BCUT2D eigenvalue weighted by Gasteiger charge is 2.18. The molecular formula is C25H19ClN2O2S. The molecular weight excluding hydrogens is 428 g/mol. The second kappa shape index (κ2) is 7.84. The average Bonchev–Trinajstić information content (AvgIpc) is 2.78. The summed E-state index contributed by atoms with van der Waals surface area (Å²) in [5, 5.41) is 2.56. The molecule has 0 atom stereocenters. The second-order valence-corrected chi connectivity index (χ2v) is 9.59. The maximum Gasteiger partial charge on any atom is 0.261 e. The van der Waals surface area contributed by atoms with Gasteiger partial charge in [0, 0.05) is 28.4 Å². The summed E-state index contributed by atoms with van der Waals surface area (Å²) < 4.78 is 28.4. The van der Waals surface area contributed by atoms with Gasteiger partial charge in [-0.2, -0.15) is 0 Å². The number of nitrogens with zero attached hydrogens (tertiary/aromatic N) is 1. The summed E-state index contributed by atoms with van der Waals surface area (Å²) in [4.78, 5) is 4.91. The van der Waals surface area contributed by atoms with Gasteiger partial charge < -0.3 is 0 Å². The Morgan fingerprint density at radius 1 is 0.839 bits per heavy atom. The molecule has 0 bridgehead atoms. The molecule has 0 amide bonds. The van der Waals surface area contributed by atoms with E-state index in [1.807, 2.05) is 60.7 Å². The zero-order valence-corrected chi connectivity index (χ0v) is 18.1. The van der Waals surface area contributed by atoms with Crippen molar-refractivity contribution in [2.75, 3.05) is 11.3 Å². The van der Waals surface area contributed by atoms with Crippen molar-refractivity contribution in [3.63, 3.8) is 0 Å². The number of benzene rings is 4. The van der Waals surface area contributed by atoms with Crippen molar-refractivity contribution >= 4 is 43.8 Å². The Hall–Kier alpha value is -3.15. The van der Waals surface area contributed by atoms with Crippen LogP contribution in [0.25, 0.3) is 10.8 Å². The summed E-state index contributed by atoms with van der Waals surface area (Å²) >= 11 is 6.19. The molecule has 4 nitrogen and oxygen atoms in total. The molecule has 1 aliphatic rings. The predicted molar refractivity (Wildman–Crippen MR) is 127 cm³/mol. The first-order valence-corrected chi connectivity index (χ1v) is 11.8. The van der Waals surface area contributed by atoms with E-state index in [2.05, 4.69) is 9.71 Å². The molecule has 1 aliphatic heterocycles. The van der Waals surface area contributed by atoms with E-state index >= 15 is 0 Å². The van der Waals surface area contributed by atoms with Gasteiger partial charge in [0.15, 0.2) is 0 Å². The van der Waals surface area contributed by atoms with Crippen LogP contribution in [0.1, 0.15) is 16.7 Å². The second-order valence-electron chi connectivity index (χ2n) is 7.47. The predicted octanol–water partition coefficient (Wildman–Crippen LogP) is 5.69. The van der Waals surface area contributed by atoms with Crippen molar-refractivity contribution in [1.82, 2.24) is 0 Å². The van der Waals surface area contributed by atoms with Crippen LogP contribution < -0.4 is 4.72 Å². The fourth-order valence-corrected chi connectivity index (χ4v) is 5.12. The number of aliphatic imine (C=N–C) groups is 1. The number of fused-ring (bicyclic) bond motifs is 2. The van der Waals surface area contributed by atoms with E-state index in [4.69, 9.17) is 11.6 Å². The molecule has 4 aromatic carbocycles. The molecule has 0 saturated carbocycles. The SMILES string of the molecule is O=S(=O)(Nc1ccc(C2=NCCc3ccc(Cl)cc32)cc1)c1ccc2ccccc2c1. The van der Waals surface area contributed by atoms with Crippen LogP contribution in [-0.2, 0) is 16.4 Å². The van der Waals surface area contributed by atoms with E-state index in [0.29, 0.717) is 10.7 Å². The average molecular weight is 447 g/mol. The third-order valence-electron chi connectivity index (χ3n) is 5.42. The van der Waals surface area contributed by atoms with Gasteiger partial charge in [-0.05, 0) is 59.2 Å². The molecule has 0 radical (unpaired) electrons. The number of nitrogens with one attached hydrogen (secondary N) is 1. The Balaban J connectivity index is 1.41. The lowest BCUT2D eigenvalue weighted by atomic mass is 9.93. The number of anilines is 1. The highest BCUT2D eigenvalue weighted by molar-refractivity contribution is 7.92. The van der Waals surface area contributed by atoms with Crippen LogP contribution in [0.2, 0.25) is 5.02 Å². The number of sulfonamides is 1. The van der Waals surface area contributed by atoms with Crippen LogP contribution >= 0.6 is 11.6 Å². The highest BCUT2D eigenvalue weighted by Crippen LogP contribution is 2.26. The van der Waals surface area contributed by atoms with Crippen LogP contribution in [-0.4, -0.2) is 20.7 Å². The minimum Gasteiger partial charge on any atom is -0.284 e. The van der Waals surface area contributed by atoms with Crippen molar-refractivity contribution < 1.29 is 8.42 Å². The lowest BCUT2D eigenvalue weighted by Gasteiger charge is -2.18. The number of hydrogen-bond acceptors (Lipinski definition) is 3. The van der Waals surface area contributed by atoms with Crippen LogP contribution in [0, 0.1) is 0 Å². The Bertz CT molecular complexity index is 1430. The zero-order valence-electron chi connectivity index (χ0n) is 16.5. The summed E-state index contributed by atoms with van der Waals surface area (Å²) in [6.07, 6.45) is 0.889. The molecule has 154 valence electrons. The quantitative estimate of drug-likeness (QED) is 0.438. The van der Waals surface area contributed by atoms with Gasteiger partial charge >= 0.3 is 0 Å². The monoisotopic (exact) mass is 446 g/mol. The van der Waals surface area contributed by atoms with Gasteiger partial charge in [0.25, 0.3) is 10.0 Å². The third kappa shape index (κ3) is 3.94. The van der Waals surface area contributed by atoms with E-state index < -0.39 is 10.0 Å². The van der Waals surface area contributed by atoms with Crippen molar-refractivity contribution in [1.29, 1.82) is 0 Å². The smallest absolute Gasteiger partial charge is 0.261 e. The molecule has 5 rings (SSSR count). The molecule has 6 heteroatoms. The molecule has 4 aromatic rings. The number of hydrogen-bond donors (Lipinski definition) is 1. The standard InChI is InChI=1S/C25H19ClN2O2S/c26-21-9-5-18-13-14-27-25(24(18)16-21)19-6-10-22(11-7-19)28-31(29,30)23-12-8-17-3-1-2-4-20(17)15-23/h1-12,15-16,28H,13-14H2. The van der Waals surface area contributed by atoms with Crippen molar-refractivity contribution in [2.24, 2.45) is 4.99 Å². The largest absolute Gasteiger partial charge is 0.284 e. The first-order chi connectivity index (χ1) is 15.0. The fraction of sp³-hybridized carbons (Fsp3) is 0.0800. The van der Waals surface area contributed by atoms with Crippen molar-refractivity contribution in [2.45, 2.75) is 11.3 Å². The lowest BCUT2D eigenvalue weighted by molar-refractivity contribution is 0.601. The minimum absolute atomic E-state index is 0.232. The Morgan fingerprint density at radius 3 is 2.42 bits per heavy atom. The van der Waals surface area contributed by atoms with E-state index in [0.717, 1.165) is 40.6 Å². The van der Waals surface area contributed by atoms with E-state index in [-0.39, 0.29) is 4.90 Å². The van der Waals surface area contributed by atoms with E-state index in [1.165, 1.54) is 5.56 Å². The Morgan fingerprint density at radius 2 is 1.61 bits per heavy atom. The molecule has 0 aromatic heterocycles. The summed E-state index contributed by atoms with van der Waals surface area (Å²) in [6, 6.07) is 26.0. The van der Waals surface area contributed by atoms with Gasteiger partial charge in [-0.25, -0.2) is 8.42 Å². The molecule has 1 heterocycles. The van der Waals surface area contributed by atoms with Crippen LogP contribution in [0.5, 0.6) is 0 Å². The zero-order chi connectivity index (χ0) is 21.4. The van der Waals surface area contributed by atoms with Crippen molar-refractivity contribution in [3.8, 4) is 0 Å². The molecule has 0 spiro atoms. The van der Waals surface area contributed by atoms with Crippen LogP contribution in [0.4, 0.5) is 5.69 Å². The first-order valence-electron chi connectivity index (χ1n) is 9.95. The van der Waals surface area contributed by atoms with Gasteiger partial charge in [-0.15, -0.1) is 0 Å². The lowest BCUT2D eigenvalue weighted by Crippen LogP contribution is -2.15. The van der Waals surface area contributed by atoms with Crippen LogP contribution in [0.3, 0.4) is 0 Å². The van der Waals surface area contributed by atoms with E-state index in [1.54, 1.807) is 24.3 Å². The van der Waals surface area contributed by atoms with Crippen LogP contribution in [0.15, 0.2) is 94.8 Å². The normalized spacial score (nSPS) is 13.5. The fourth-order valence-electron chi connectivity index (χ4n) is 3.85. The number of rotatable bonds is 4. The molecule has 0 unspecified atom stereocenters. The van der Waals surface area contributed by atoms with Gasteiger partial charge in [0.05, 0.1) is 10.6 Å². The third-order valence-corrected chi connectivity index (χ3v) is 7.03. The van der Waals surface area contributed by atoms with Gasteiger partial charge in [-0.1, -0.05) is 60.1 Å². The molecule has 0 aliphatic carbocycles. The molecule has 1 N–H and O–H groups in total. The maximum absolute atomic E-state index is 12.9. The topological polar surface area (TPSA) is 58.5 Å². The van der Waals surface area contributed by atoms with Crippen molar-refractivity contribution in [3.05, 3.63) is 107 Å².